The summed E-state index contributed by atoms with van der Waals surface area (Å²) < 4.78 is 0. The number of carbonyl (C=O) groups is 1. The van der Waals surface area contributed by atoms with Crippen LogP contribution in [0.1, 0.15) is 29.7 Å². The van der Waals surface area contributed by atoms with Gasteiger partial charge in [-0.2, -0.15) is 0 Å². The summed E-state index contributed by atoms with van der Waals surface area (Å²) in [5, 5.41) is 6.77. The molecule has 0 aliphatic carbocycles. The molecule has 1 amide bonds. The third kappa shape index (κ3) is 7.88. The Kier molecular flexibility index (Phi) is 10.6. The van der Waals surface area contributed by atoms with E-state index in [1.807, 2.05) is 30.3 Å². The number of aliphatic imine (C=N–C) groups is 1. The molecule has 2 N–H and O–H groups in total. The molecule has 0 aliphatic heterocycles. The minimum atomic E-state index is -0.0253. The zero-order chi connectivity index (χ0) is 19.6. The summed E-state index contributed by atoms with van der Waals surface area (Å²) in [7, 11) is 3.48. The first-order valence-electron chi connectivity index (χ1n) is 9.32. The largest absolute Gasteiger partial charge is 0.356 e. The Hall–Kier alpha value is -2.09. The number of nitrogens with one attached hydrogen (secondary N) is 2. The molecular formula is C22H31IN4O. The average molecular weight is 494 g/mol. The van der Waals surface area contributed by atoms with Crippen LogP contribution in [-0.2, 0) is 11.2 Å². The number of benzene rings is 2. The Balaban J connectivity index is 0.00000392. The monoisotopic (exact) mass is 494 g/mol. The molecule has 28 heavy (non-hydrogen) atoms. The van der Waals surface area contributed by atoms with Crippen LogP contribution in [0.2, 0.25) is 0 Å². The molecule has 2 aromatic rings. The predicted octanol–water partition coefficient (Wildman–Crippen LogP) is 3.54. The highest BCUT2D eigenvalue weighted by Crippen LogP contribution is 2.16. The molecule has 1 unspecified atom stereocenters. The Morgan fingerprint density at radius 2 is 1.71 bits per heavy atom. The van der Waals surface area contributed by atoms with Crippen molar-refractivity contribution in [3.05, 3.63) is 71.3 Å². The van der Waals surface area contributed by atoms with E-state index >= 15 is 0 Å². The number of nitrogens with zero attached hydrogens (tertiary/aromatic N) is 2. The van der Waals surface area contributed by atoms with Crippen LogP contribution in [0, 0.1) is 6.92 Å². The fourth-order valence-corrected chi connectivity index (χ4v) is 2.77. The van der Waals surface area contributed by atoms with Crippen LogP contribution in [0.5, 0.6) is 0 Å². The van der Waals surface area contributed by atoms with E-state index in [0.29, 0.717) is 5.96 Å². The minimum Gasteiger partial charge on any atom is -0.356 e. The quantitative estimate of drug-likeness (QED) is 0.352. The lowest BCUT2D eigenvalue weighted by Gasteiger charge is -2.20. The van der Waals surface area contributed by atoms with Crippen LogP contribution in [0.25, 0.3) is 0 Å². The molecule has 0 bridgehead atoms. The van der Waals surface area contributed by atoms with Crippen molar-refractivity contribution in [2.45, 2.75) is 26.3 Å². The van der Waals surface area contributed by atoms with Gasteiger partial charge in [0.1, 0.15) is 6.54 Å². The molecule has 0 saturated heterocycles. The maximum atomic E-state index is 11.9. The number of halogens is 1. The molecule has 1 atom stereocenters. The molecule has 0 radical (unpaired) electrons. The van der Waals surface area contributed by atoms with Gasteiger partial charge in [-0.3, -0.25) is 4.79 Å². The SMILES string of the molecule is Cc1ccccc1C(C)NC(=NCC(=O)N(C)C)NCCc1ccccc1.I. The lowest BCUT2D eigenvalue weighted by atomic mass is 10.0. The molecule has 2 rings (SSSR count). The molecule has 0 fully saturated rings. The molecule has 0 heterocycles. The molecule has 6 heteroatoms. The fourth-order valence-electron chi connectivity index (χ4n) is 2.77. The Morgan fingerprint density at radius 1 is 1.07 bits per heavy atom. The number of rotatable bonds is 7. The van der Waals surface area contributed by atoms with Crippen molar-refractivity contribution in [1.82, 2.24) is 15.5 Å². The molecule has 0 spiro atoms. The number of amides is 1. The van der Waals surface area contributed by atoms with Crippen molar-refractivity contribution >= 4 is 35.8 Å². The smallest absolute Gasteiger partial charge is 0.243 e. The van der Waals surface area contributed by atoms with E-state index in [4.69, 9.17) is 0 Å². The standard InChI is InChI=1S/C22H30N4O.HI/c1-17-10-8-9-13-20(17)18(2)25-22(24-16-21(27)26(3)4)23-15-14-19-11-6-5-7-12-19;/h5-13,18H,14-16H2,1-4H3,(H2,23,24,25);1H. The molecule has 152 valence electrons. The van der Waals surface area contributed by atoms with Crippen molar-refractivity contribution < 1.29 is 4.79 Å². The number of hydrogen-bond acceptors (Lipinski definition) is 2. The maximum absolute atomic E-state index is 11.9. The molecule has 5 nitrogen and oxygen atoms in total. The van der Waals surface area contributed by atoms with E-state index in [9.17, 15) is 4.79 Å². The van der Waals surface area contributed by atoms with Gasteiger partial charge >= 0.3 is 0 Å². The third-order valence-electron chi connectivity index (χ3n) is 4.43. The van der Waals surface area contributed by atoms with Crippen LogP contribution in [0.15, 0.2) is 59.6 Å². The van der Waals surface area contributed by atoms with Crippen LogP contribution < -0.4 is 10.6 Å². The number of guanidine groups is 1. The summed E-state index contributed by atoms with van der Waals surface area (Å²) in [6.45, 7) is 5.06. The van der Waals surface area contributed by atoms with E-state index in [1.165, 1.54) is 16.7 Å². The van der Waals surface area contributed by atoms with Gasteiger partial charge < -0.3 is 15.5 Å². The molecule has 0 aromatic heterocycles. The fraction of sp³-hybridized carbons (Fsp3) is 0.364. The Bertz CT molecular complexity index is 762. The normalized spacial score (nSPS) is 11.9. The summed E-state index contributed by atoms with van der Waals surface area (Å²) >= 11 is 0. The zero-order valence-electron chi connectivity index (χ0n) is 17.1. The molecular weight excluding hydrogens is 463 g/mol. The summed E-state index contributed by atoms with van der Waals surface area (Å²) in [6.07, 6.45) is 0.891. The highest BCUT2D eigenvalue weighted by Gasteiger charge is 2.11. The Morgan fingerprint density at radius 3 is 2.36 bits per heavy atom. The Labute approximate surface area is 185 Å². The third-order valence-corrected chi connectivity index (χ3v) is 4.43. The highest BCUT2D eigenvalue weighted by atomic mass is 127. The predicted molar refractivity (Wildman–Crippen MR) is 127 cm³/mol. The number of aryl methyl sites for hydroxylation is 1. The van der Waals surface area contributed by atoms with Gasteiger partial charge in [0.05, 0.1) is 6.04 Å². The van der Waals surface area contributed by atoms with Gasteiger partial charge in [-0.15, -0.1) is 24.0 Å². The second kappa shape index (κ2) is 12.4. The molecule has 0 saturated carbocycles. The van der Waals surface area contributed by atoms with E-state index < -0.39 is 0 Å². The first kappa shape index (κ1) is 23.9. The van der Waals surface area contributed by atoms with Gasteiger partial charge in [0, 0.05) is 20.6 Å². The first-order chi connectivity index (χ1) is 13.0. The average Bonchev–Trinajstić information content (AvgIpc) is 2.66. The van der Waals surface area contributed by atoms with E-state index in [0.717, 1.165) is 13.0 Å². The topological polar surface area (TPSA) is 56.7 Å². The minimum absolute atomic E-state index is 0. The van der Waals surface area contributed by atoms with Gasteiger partial charge in [-0.1, -0.05) is 54.6 Å². The van der Waals surface area contributed by atoms with Crippen LogP contribution in [0.3, 0.4) is 0 Å². The second-order valence-electron chi connectivity index (χ2n) is 6.84. The summed E-state index contributed by atoms with van der Waals surface area (Å²) in [6, 6.07) is 18.7. The second-order valence-corrected chi connectivity index (χ2v) is 6.84. The van der Waals surface area contributed by atoms with Crippen LogP contribution >= 0.6 is 24.0 Å². The van der Waals surface area contributed by atoms with Gasteiger partial charge in [0.25, 0.3) is 0 Å². The summed E-state index contributed by atoms with van der Waals surface area (Å²) in [5.41, 5.74) is 3.71. The van der Waals surface area contributed by atoms with E-state index in [2.05, 4.69) is 53.7 Å². The number of likely N-dealkylation sites (N-methyl/N-ethyl adjacent to an activating group) is 1. The molecule has 2 aromatic carbocycles. The molecule has 0 aliphatic rings. The van der Waals surface area contributed by atoms with Crippen molar-refractivity contribution in [3.8, 4) is 0 Å². The van der Waals surface area contributed by atoms with E-state index in [1.54, 1.807) is 19.0 Å². The van der Waals surface area contributed by atoms with Crippen molar-refractivity contribution in [1.29, 1.82) is 0 Å². The van der Waals surface area contributed by atoms with Gasteiger partial charge in [-0.05, 0) is 37.0 Å². The van der Waals surface area contributed by atoms with Crippen molar-refractivity contribution in [2.75, 3.05) is 27.2 Å². The van der Waals surface area contributed by atoms with Crippen LogP contribution in [-0.4, -0.2) is 44.0 Å². The summed E-state index contributed by atoms with van der Waals surface area (Å²) in [5.74, 6) is 0.625. The van der Waals surface area contributed by atoms with Gasteiger partial charge in [0.15, 0.2) is 5.96 Å². The highest BCUT2D eigenvalue weighted by molar-refractivity contribution is 14.0. The number of hydrogen-bond donors (Lipinski definition) is 2. The lowest BCUT2D eigenvalue weighted by molar-refractivity contribution is -0.127. The number of carbonyl (C=O) groups excluding carboxylic acids is 1. The zero-order valence-corrected chi connectivity index (χ0v) is 19.4. The van der Waals surface area contributed by atoms with Gasteiger partial charge in [0.2, 0.25) is 5.91 Å². The lowest BCUT2D eigenvalue weighted by Crippen LogP contribution is -2.40. The van der Waals surface area contributed by atoms with Crippen molar-refractivity contribution in [3.63, 3.8) is 0 Å². The van der Waals surface area contributed by atoms with Crippen molar-refractivity contribution in [2.24, 2.45) is 4.99 Å². The van der Waals surface area contributed by atoms with Gasteiger partial charge in [-0.25, -0.2) is 4.99 Å². The maximum Gasteiger partial charge on any atom is 0.243 e. The van der Waals surface area contributed by atoms with Crippen LogP contribution in [0.4, 0.5) is 0 Å². The first-order valence-corrected chi connectivity index (χ1v) is 9.32. The summed E-state index contributed by atoms with van der Waals surface area (Å²) in [4.78, 5) is 17.9. The van der Waals surface area contributed by atoms with E-state index in [-0.39, 0.29) is 42.5 Å².